The molecular weight excluding hydrogens is 681 g/mol. The van der Waals surface area contributed by atoms with E-state index in [1.54, 1.807) is 51.8 Å². The molecule has 8 atom stereocenters. The van der Waals surface area contributed by atoms with Gasteiger partial charge in [-0.3, -0.25) is 24.2 Å². The fourth-order valence-corrected chi connectivity index (χ4v) is 8.20. The van der Waals surface area contributed by atoms with Crippen molar-refractivity contribution in [1.82, 2.24) is 20.4 Å². The summed E-state index contributed by atoms with van der Waals surface area (Å²) < 4.78 is 12.0. The molecule has 0 saturated carbocycles. The second-order valence-electron chi connectivity index (χ2n) is 15.3. The van der Waals surface area contributed by atoms with E-state index in [9.17, 15) is 19.2 Å². The number of carbonyl (C=O) groups is 4. The molecule has 0 aromatic heterocycles. The number of ether oxygens (including phenoxy) is 2. The zero-order chi connectivity index (χ0) is 38.7. The van der Waals surface area contributed by atoms with Crippen LogP contribution in [0, 0.1) is 17.8 Å². The third-order valence-electron chi connectivity index (χ3n) is 10.6. The normalized spacial score (nSPS) is 20.3. The van der Waals surface area contributed by atoms with Gasteiger partial charge in [-0.1, -0.05) is 71.4 Å². The van der Waals surface area contributed by atoms with Crippen molar-refractivity contribution >= 4 is 40.4 Å². The quantitative estimate of drug-likeness (QED) is 0.194. The van der Waals surface area contributed by atoms with Gasteiger partial charge in [0, 0.05) is 40.1 Å². The van der Waals surface area contributed by atoms with Crippen molar-refractivity contribution in [1.29, 1.82) is 0 Å². The van der Waals surface area contributed by atoms with E-state index in [0.29, 0.717) is 19.4 Å². The molecule has 1 aromatic carbocycles. The highest BCUT2D eigenvalue weighted by atomic mass is 32.2. The molecule has 2 heterocycles. The monoisotopic (exact) mass is 744 g/mol. The van der Waals surface area contributed by atoms with Crippen LogP contribution in [0.2, 0.25) is 0 Å². The lowest BCUT2D eigenvalue weighted by Gasteiger charge is -2.41. The minimum atomic E-state index is -1.15. The van der Waals surface area contributed by atoms with E-state index in [1.165, 1.54) is 0 Å². The highest BCUT2D eigenvalue weighted by Gasteiger charge is 2.43. The van der Waals surface area contributed by atoms with Crippen molar-refractivity contribution in [2.75, 3.05) is 40.1 Å². The van der Waals surface area contributed by atoms with Crippen molar-refractivity contribution in [3.63, 3.8) is 0 Å². The van der Waals surface area contributed by atoms with Gasteiger partial charge in [0.15, 0.2) is 0 Å². The highest BCUT2D eigenvalue weighted by Crippen LogP contribution is 2.30. The Kier molecular flexibility index (Phi) is 16.6. The fraction of sp³-hybridized carbons (Fsp3) is 0.718. The molecule has 12 nitrogen and oxygen atoms in total. The maximum Gasteiger partial charge on any atom is 0.245 e. The molecule has 7 unspecified atom stereocenters. The molecule has 3 rings (SSSR count). The number of likely N-dealkylation sites (N-methyl/N-ethyl adjacent to an activating group) is 1. The SMILES string of the molecule is CCC(C)C(C(CC(=O)N1CCCC1C(OC)C(C)C(=O)NC(Cc1ccccc1)C1=NCCS1)OC)N(C)C(=O)[C@@H](NC(=O)C(C)(C)N)C(C)C. The van der Waals surface area contributed by atoms with E-state index in [2.05, 4.69) is 27.8 Å². The van der Waals surface area contributed by atoms with Crippen molar-refractivity contribution in [3.8, 4) is 0 Å². The van der Waals surface area contributed by atoms with Crippen LogP contribution >= 0.6 is 11.8 Å². The van der Waals surface area contributed by atoms with E-state index in [4.69, 9.17) is 15.2 Å². The number of carbonyl (C=O) groups excluding carboxylic acids is 4. The van der Waals surface area contributed by atoms with Gasteiger partial charge in [-0.15, -0.1) is 11.8 Å². The summed E-state index contributed by atoms with van der Waals surface area (Å²) in [6, 6.07) is 8.28. The third-order valence-corrected chi connectivity index (χ3v) is 11.7. The summed E-state index contributed by atoms with van der Waals surface area (Å²) in [5.74, 6) is -0.789. The summed E-state index contributed by atoms with van der Waals surface area (Å²) in [5.41, 5.74) is 6.00. The van der Waals surface area contributed by atoms with Crippen molar-refractivity contribution in [3.05, 3.63) is 35.9 Å². The number of nitrogens with one attached hydrogen (secondary N) is 2. The molecule has 0 radical (unpaired) electrons. The molecule has 0 aliphatic carbocycles. The summed E-state index contributed by atoms with van der Waals surface area (Å²) in [6.45, 7) is 14.2. The van der Waals surface area contributed by atoms with E-state index < -0.39 is 41.7 Å². The van der Waals surface area contributed by atoms with Gasteiger partial charge in [-0.2, -0.15) is 0 Å². The summed E-state index contributed by atoms with van der Waals surface area (Å²) in [4.78, 5) is 63.0. The molecule has 292 valence electrons. The zero-order valence-corrected chi connectivity index (χ0v) is 33.8. The molecule has 0 spiro atoms. The van der Waals surface area contributed by atoms with E-state index in [0.717, 1.165) is 35.7 Å². The topological polar surface area (TPSA) is 156 Å². The highest BCUT2D eigenvalue weighted by molar-refractivity contribution is 8.14. The first-order valence-corrected chi connectivity index (χ1v) is 19.8. The molecule has 1 fully saturated rings. The lowest BCUT2D eigenvalue weighted by atomic mass is 9.89. The van der Waals surface area contributed by atoms with Gasteiger partial charge in [0.2, 0.25) is 23.6 Å². The molecule has 4 N–H and O–H groups in total. The van der Waals surface area contributed by atoms with Crippen LogP contribution in [0.1, 0.15) is 79.7 Å². The van der Waals surface area contributed by atoms with Gasteiger partial charge in [0.05, 0.1) is 53.3 Å². The van der Waals surface area contributed by atoms with E-state index in [1.807, 2.05) is 57.7 Å². The van der Waals surface area contributed by atoms with Gasteiger partial charge >= 0.3 is 0 Å². The molecule has 52 heavy (non-hydrogen) atoms. The molecule has 2 aliphatic rings. The first kappa shape index (κ1) is 43.4. The van der Waals surface area contributed by atoms with Crippen LogP contribution in [0.4, 0.5) is 0 Å². The van der Waals surface area contributed by atoms with Crippen LogP contribution in [0.5, 0.6) is 0 Å². The number of aliphatic imine (C=N–C) groups is 1. The summed E-state index contributed by atoms with van der Waals surface area (Å²) >= 11 is 1.68. The number of likely N-dealkylation sites (tertiary alicyclic amines) is 1. The van der Waals surface area contributed by atoms with Crippen LogP contribution in [0.15, 0.2) is 35.3 Å². The van der Waals surface area contributed by atoms with Crippen LogP contribution < -0.4 is 16.4 Å². The minimum Gasteiger partial charge on any atom is -0.379 e. The Morgan fingerprint density at radius 2 is 1.75 bits per heavy atom. The van der Waals surface area contributed by atoms with Crippen molar-refractivity contribution < 1.29 is 28.7 Å². The Labute approximate surface area is 315 Å². The van der Waals surface area contributed by atoms with E-state index in [-0.39, 0.29) is 48.1 Å². The third kappa shape index (κ3) is 11.3. The number of hydrogen-bond acceptors (Lipinski definition) is 9. The maximum atomic E-state index is 14.2. The van der Waals surface area contributed by atoms with Gasteiger partial charge in [-0.25, -0.2) is 0 Å². The van der Waals surface area contributed by atoms with Gasteiger partial charge < -0.3 is 35.6 Å². The number of nitrogens with zero attached hydrogens (tertiary/aromatic N) is 3. The maximum absolute atomic E-state index is 14.2. The second kappa shape index (κ2) is 19.9. The van der Waals surface area contributed by atoms with Crippen LogP contribution in [0.25, 0.3) is 0 Å². The fourth-order valence-electron chi connectivity index (χ4n) is 7.28. The zero-order valence-electron chi connectivity index (χ0n) is 33.0. The molecule has 1 aromatic rings. The molecule has 0 bridgehead atoms. The lowest BCUT2D eigenvalue weighted by Crippen LogP contribution is -2.60. The van der Waals surface area contributed by atoms with Gasteiger partial charge in [0.25, 0.3) is 0 Å². The van der Waals surface area contributed by atoms with Crippen molar-refractivity contribution in [2.24, 2.45) is 28.5 Å². The number of benzene rings is 1. The largest absolute Gasteiger partial charge is 0.379 e. The minimum absolute atomic E-state index is 0.0163. The average Bonchev–Trinajstić information content (AvgIpc) is 3.83. The number of thioether (sulfide) groups is 1. The van der Waals surface area contributed by atoms with Crippen LogP contribution in [-0.4, -0.2) is 120 Å². The van der Waals surface area contributed by atoms with E-state index >= 15 is 0 Å². The number of rotatable bonds is 19. The predicted molar refractivity (Wildman–Crippen MR) is 208 cm³/mol. The number of methoxy groups -OCH3 is 2. The Morgan fingerprint density at radius 3 is 2.29 bits per heavy atom. The molecule has 2 aliphatic heterocycles. The Morgan fingerprint density at radius 1 is 1.08 bits per heavy atom. The number of hydrogen-bond donors (Lipinski definition) is 3. The summed E-state index contributed by atoms with van der Waals surface area (Å²) in [6.07, 6.45) is 1.77. The Balaban J connectivity index is 1.78. The number of nitrogens with two attached hydrogens (primary N) is 1. The first-order chi connectivity index (χ1) is 24.5. The average molecular weight is 745 g/mol. The smallest absolute Gasteiger partial charge is 0.245 e. The molecular formula is C39H64N6O6S. The van der Waals surface area contributed by atoms with Crippen LogP contribution in [-0.2, 0) is 35.1 Å². The van der Waals surface area contributed by atoms with Crippen LogP contribution in [0.3, 0.4) is 0 Å². The Bertz CT molecular complexity index is 1370. The molecule has 4 amide bonds. The molecule has 1 saturated heterocycles. The Hall–Kier alpha value is -3.00. The van der Waals surface area contributed by atoms with Gasteiger partial charge in [-0.05, 0) is 50.5 Å². The van der Waals surface area contributed by atoms with Crippen molar-refractivity contribution in [2.45, 2.75) is 122 Å². The summed E-state index contributed by atoms with van der Waals surface area (Å²) in [7, 11) is 4.88. The molecule has 13 heteroatoms. The van der Waals surface area contributed by atoms with Gasteiger partial charge in [0.1, 0.15) is 6.04 Å². The predicted octanol–water partition coefficient (Wildman–Crippen LogP) is 3.66. The summed E-state index contributed by atoms with van der Waals surface area (Å²) in [5, 5.41) is 7.05. The standard InChI is InChI=1S/C39H64N6O6S/c1-11-25(4)33(44(8)37(48)32(24(2)3)43-38(49)39(6,7)40)30(50-9)23-31(46)45-20-15-18-29(45)34(51-10)26(5)35(47)42-28(36-41-19-21-52-36)22-27-16-13-12-14-17-27/h12-14,16-17,24-26,28-30,32-34H,11,15,18-23,40H2,1-10H3,(H,42,47)(H,43,49)/t25?,26?,28?,29?,30?,32-,33?,34?/m0/s1. The lowest BCUT2D eigenvalue weighted by molar-refractivity contribution is -0.148. The second-order valence-corrected chi connectivity index (χ2v) is 16.4. The first-order valence-electron chi connectivity index (χ1n) is 18.8. The number of amides is 4.